The third-order valence-corrected chi connectivity index (χ3v) is 31.1. The number of hydrogen-bond donors (Lipinski definition) is 1. The average molecular weight is 1710 g/mol. The summed E-state index contributed by atoms with van der Waals surface area (Å²) in [5.74, 6) is 2.99. The summed E-state index contributed by atoms with van der Waals surface area (Å²) in [6.07, 6.45) is 32.1. The zero-order valence-corrected chi connectivity index (χ0v) is 74.6. The van der Waals surface area contributed by atoms with E-state index in [0.29, 0.717) is 54.6 Å². The van der Waals surface area contributed by atoms with E-state index in [2.05, 4.69) is 130 Å². The number of halogens is 4. The molecule has 9 aliphatic rings. The molecule has 18 rings (SSSR count). The summed E-state index contributed by atoms with van der Waals surface area (Å²) in [6, 6.07) is 63.5. The van der Waals surface area contributed by atoms with Gasteiger partial charge in [0.05, 0.1) is 48.2 Å². The third-order valence-electron chi connectivity index (χ3n) is 26.9. The molecule has 0 bridgehead atoms. The van der Waals surface area contributed by atoms with Crippen molar-refractivity contribution in [3.8, 4) is 33.4 Å². The van der Waals surface area contributed by atoms with Gasteiger partial charge >= 0.3 is 47.5 Å². The number of Topliss-reactive ketones (excluding diaryl/α,β-unsaturated/α-hetero) is 1. The van der Waals surface area contributed by atoms with Crippen molar-refractivity contribution < 1.29 is 109 Å². The molecule has 3 aliphatic heterocycles. The first-order chi connectivity index (χ1) is 58.4. The molecule has 6 saturated carbocycles. The number of rotatable bonds is 16. The summed E-state index contributed by atoms with van der Waals surface area (Å²) >= 11 is 0. The van der Waals surface area contributed by atoms with Gasteiger partial charge in [0.1, 0.15) is 71.0 Å². The minimum atomic E-state index is -1.78. The largest absolute Gasteiger partial charge is 1.00 e. The number of ether oxygens (including phenoxy) is 5. The number of aldehydes is 1. The molecular weight excluding hydrogens is 1600 g/mol. The van der Waals surface area contributed by atoms with Gasteiger partial charge in [-0.1, -0.05) is 127 Å². The number of nitrogens with zero attached hydrogens (tertiary/aromatic N) is 3. The van der Waals surface area contributed by atoms with E-state index in [1.54, 1.807) is 51.0 Å². The Morgan fingerprint density at radius 1 is 0.455 bits per heavy atom. The number of benzene rings is 6. The number of hydrogen-bond acceptors (Lipinski definition) is 14. The van der Waals surface area contributed by atoms with Crippen LogP contribution in [-0.4, -0.2) is 104 Å². The van der Waals surface area contributed by atoms with E-state index in [0.717, 1.165) is 128 Å². The van der Waals surface area contributed by atoms with Crippen molar-refractivity contribution in [2.24, 2.45) is 94.7 Å². The summed E-state index contributed by atoms with van der Waals surface area (Å²) in [7, 11) is 2.72. The van der Waals surface area contributed by atoms with Crippen molar-refractivity contribution in [3.63, 3.8) is 0 Å². The summed E-state index contributed by atoms with van der Waals surface area (Å²) in [6.45, 7) is 6.03. The third kappa shape index (κ3) is 21.8. The SMILES string of the molecule is CO.COC=C1CC[C@@H]2[C@@H](C1)C[C@H]1C(=O)O[C@H](C)[C@H]1[C@H]2/C=C/c1ccc(-c2cccc(F)c2)cn1.COC[P+](c1ccccc1)(c1ccccc1)c1ccccc1.C[C@H]1OC(=O)[C@@H]2C[C@@H]3CC(=O)CC[C@H]3[C@H](/C=C/c3ccc(-c4cccc(F)c4)cn3)[C@H]12.C[C@H]1OC(=O)[C@@H]2C[C@@H]3C[C@H](C=O)CC[C@H]3[C@H](/C=C/c3ccc(-c4cccc(F)c4)cn3)[C@H]12.[B].[Cl-].[H-].[Na+]. The van der Waals surface area contributed by atoms with E-state index >= 15 is 0 Å². The zero-order valence-electron chi connectivity index (χ0n) is 72.0. The maximum atomic E-state index is 13.6. The number of aliphatic hydroxyl groups excluding tert-OH is 1. The molecule has 635 valence electrons. The molecule has 123 heavy (non-hydrogen) atoms. The number of carbonyl (C=O) groups is 5. The molecule has 0 spiro atoms. The maximum absolute atomic E-state index is 13.6. The number of allylic oxidation sites excluding steroid dienone is 4. The number of esters is 3. The summed E-state index contributed by atoms with van der Waals surface area (Å²) in [5, 5.41) is 11.1. The van der Waals surface area contributed by atoms with Crippen molar-refractivity contribution in [3.05, 3.63) is 283 Å². The van der Waals surface area contributed by atoms with Gasteiger partial charge in [-0.05, 0) is 270 Å². The first-order valence-electron chi connectivity index (χ1n) is 42.4. The number of fused-ring (bicyclic) bond motifs is 6. The minimum Gasteiger partial charge on any atom is -1.00 e. The maximum Gasteiger partial charge on any atom is 1.00 e. The van der Waals surface area contributed by atoms with Crippen LogP contribution in [0.1, 0.15) is 116 Å². The molecule has 14 nitrogen and oxygen atoms in total. The Morgan fingerprint density at radius 3 is 1.17 bits per heavy atom. The molecule has 3 aromatic heterocycles. The molecule has 9 aromatic rings. The van der Waals surface area contributed by atoms with Crippen LogP contribution in [0.5, 0.6) is 0 Å². The molecule has 9 fully saturated rings. The van der Waals surface area contributed by atoms with Crippen LogP contribution < -0.4 is 57.9 Å². The van der Waals surface area contributed by atoms with Crippen LogP contribution in [0.15, 0.2) is 249 Å². The van der Waals surface area contributed by atoms with Crippen LogP contribution in [0.4, 0.5) is 13.2 Å². The van der Waals surface area contributed by atoms with Crippen LogP contribution in [0.25, 0.3) is 51.6 Å². The van der Waals surface area contributed by atoms with E-state index in [-0.39, 0.29) is 171 Å². The molecule has 6 aromatic carbocycles. The summed E-state index contributed by atoms with van der Waals surface area (Å²) in [4.78, 5) is 74.7. The number of carbonyl (C=O) groups excluding carboxylic acids is 5. The van der Waals surface area contributed by atoms with Crippen molar-refractivity contribution in [1.82, 2.24) is 15.0 Å². The fourth-order valence-electron chi connectivity index (χ4n) is 21.5. The first-order valence-corrected chi connectivity index (χ1v) is 44.4. The van der Waals surface area contributed by atoms with Crippen LogP contribution >= 0.6 is 7.26 Å². The Morgan fingerprint density at radius 2 is 0.821 bits per heavy atom. The van der Waals surface area contributed by atoms with Gasteiger partial charge in [0.15, 0.2) is 6.35 Å². The molecule has 0 amide bonds. The molecule has 3 saturated heterocycles. The van der Waals surface area contributed by atoms with E-state index in [9.17, 15) is 37.1 Å². The van der Waals surface area contributed by atoms with Gasteiger partial charge in [0.25, 0.3) is 0 Å². The van der Waals surface area contributed by atoms with E-state index in [1.807, 2.05) is 93.8 Å². The van der Waals surface area contributed by atoms with Crippen molar-refractivity contribution in [1.29, 1.82) is 0 Å². The first kappa shape index (κ1) is 94.5. The van der Waals surface area contributed by atoms with E-state index < -0.39 is 7.26 Å². The minimum absolute atomic E-state index is 0. The smallest absolute Gasteiger partial charge is 1.00 e. The second kappa shape index (κ2) is 44.1. The Bertz CT molecular complexity index is 5050. The van der Waals surface area contributed by atoms with Crippen LogP contribution in [0.2, 0.25) is 0 Å². The molecule has 3 radical (unpaired) electrons. The number of ketones is 1. The summed E-state index contributed by atoms with van der Waals surface area (Å²) < 4.78 is 68.5. The quantitative estimate of drug-likeness (QED) is 0.0240. The fourth-order valence-corrected chi connectivity index (χ4v) is 25.3. The van der Waals surface area contributed by atoms with Gasteiger partial charge in [-0.25, -0.2) is 13.2 Å². The van der Waals surface area contributed by atoms with Crippen LogP contribution in [-0.2, 0) is 47.7 Å². The topological polar surface area (TPSA) is 190 Å². The number of cyclic esters (lactones) is 3. The number of aromatic nitrogens is 3. The van der Waals surface area contributed by atoms with Gasteiger partial charge in [-0.2, -0.15) is 0 Å². The molecular formula is C102H109BClF3N3NaO11P. The normalized spacial score (nSPS) is 27.9. The van der Waals surface area contributed by atoms with Crippen molar-refractivity contribution in [2.45, 2.75) is 116 Å². The van der Waals surface area contributed by atoms with Gasteiger partial charge in [-0.3, -0.25) is 34.1 Å². The van der Waals surface area contributed by atoms with Crippen LogP contribution in [0, 0.1) is 112 Å². The molecule has 0 unspecified atom stereocenters. The molecule has 6 heterocycles. The Balaban J connectivity index is 0.000000171. The molecule has 6 aliphatic carbocycles. The van der Waals surface area contributed by atoms with Crippen molar-refractivity contribution in [2.75, 3.05) is 27.7 Å². The predicted molar refractivity (Wildman–Crippen MR) is 472 cm³/mol. The average Bonchev–Trinajstić information content (AvgIpc) is 1.72. The fraction of sp³-hybridized carbons (Fsp3) is 0.373. The standard InChI is InChI=1S/C28H30FNO3.C27H28FNO3.C26H26FNO3.C20H20OP.CH4O.B.ClH.Na.H/c1-17-27-25(11-9-23-8-7-20(15-30-23)19-4-3-5-22(29)13-19)24-10-6-18(16-32-2)12-21(24)14-26(27)28(31)33-17;1-16-26-24(23-9-5-17(15-30)11-20(23)13-25(26)27(31)32-16)10-8-22-7-6-19(14-29-22)18-3-2-4-21(28)12-18;1-15-25-23(22-10-8-21(29)12-18(22)13-24(25)26(30)31-15)9-7-20-6-5-17(14-28-20)16-3-2-4-19(27)11-16;1-21-17-22(18-11-5-2-6-12-18,19-13-7-3-8-14-19)20-15-9-4-10-16-20;1-2;;;;/h3-5,7-9,11,13,15-17,21,24-27H,6,10,12,14H2,1-2H3;2-4,6-8,10,12,14-17,20,23-26H,5,9,11,13H2,1H3;2-7,9,11,14-15,18,22-25H,8,10,12-13H2,1H3;2-16H,17H2,1H3;2H,1H3;;1H;;/q;;;+1;;;;+1;-1/p-1/b11-9+,18-16?;10-8+;9-7+;;;;;;/t17-,21+,24-,25+,26-,27+;16-,17-,20+,23-,24+,25-,26+;15-,18+,22-,23+,24-,25+;;;;;;/m111....../s1. The van der Waals surface area contributed by atoms with Gasteiger partial charge < -0.3 is 47.4 Å². The second-order valence-electron chi connectivity index (χ2n) is 33.7. The van der Waals surface area contributed by atoms with Gasteiger partial charge in [0, 0.05) is 94.4 Å². The Hall–Kier alpha value is -9.23. The number of methoxy groups -OCH3 is 2. The number of pyridine rings is 3. The molecule has 19 atom stereocenters. The van der Waals surface area contributed by atoms with Crippen LogP contribution in [0.3, 0.4) is 0 Å². The molecule has 1 N–H and O–H groups in total. The zero-order chi connectivity index (χ0) is 84.0. The second-order valence-corrected chi connectivity index (χ2v) is 37.1. The Labute approximate surface area is 753 Å². The predicted octanol–water partition coefficient (Wildman–Crippen LogP) is 13.4. The van der Waals surface area contributed by atoms with Crippen molar-refractivity contribution >= 4 is 79.8 Å². The van der Waals surface area contributed by atoms with Gasteiger partial charge in [0.2, 0.25) is 0 Å². The number of aliphatic hydroxyl groups is 1. The van der Waals surface area contributed by atoms with E-state index in [4.69, 9.17) is 28.8 Å². The molecule has 21 heteroatoms. The monoisotopic (exact) mass is 1710 g/mol. The summed E-state index contributed by atoms with van der Waals surface area (Å²) in [5.41, 5.74) is 8.89. The van der Waals surface area contributed by atoms with Gasteiger partial charge in [-0.15, -0.1) is 0 Å². The van der Waals surface area contributed by atoms with E-state index in [1.165, 1.54) is 57.9 Å². The Kier molecular flexibility index (Phi) is 33.9.